The lowest BCUT2D eigenvalue weighted by atomic mass is 10.1. The van der Waals surface area contributed by atoms with Gasteiger partial charge in [0.25, 0.3) is 0 Å². The van der Waals surface area contributed by atoms with Gasteiger partial charge in [0.15, 0.2) is 0 Å². The molecule has 1 aromatic rings. The van der Waals surface area contributed by atoms with Gasteiger partial charge in [-0.15, -0.1) is 11.8 Å². The molecule has 2 amide bonds. The number of methoxy groups -OCH3 is 1. The van der Waals surface area contributed by atoms with E-state index >= 15 is 0 Å². The zero-order valence-corrected chi connectivity index (χ0v) is 16.0. The summed E-state index contributed by atoms with van der Waals surface area (Å²) in [4.78, 5) is 35.1. The fourth-order valence-corrected chi connectivity index (χ4v) is 2.86. The minimum absolute atomic E-state index is 0.121. The van der Waals surface area contributed by atoms with Gasteiger partial charge in [0.1, 0.15) is 0 Å². The summed E-state index contributed by atoms with van der Waals surface area (Å²) in [6, 6.07) is 7.54. The Kier molecular flexibility index (Phi) is 7.26. The second kappa shape index (κ2) is 9.43. The number of benzene rings is 1. The van der Waals surface area contributed by atoms with Crippen LogP contribution in [0.15, 0.2) is 35.7 Å². The van der Waals surface area contributed by atoms with Crippen molar-refractivity contribution in [2.45, 2.75) is 25.9 Å². The van der Waals surface area contributed by atoms with E-state index in [1.54, 1.807) is 5.41 Å². The third kappa shape index (κ3) is 5.62. The molecule has 2 rings (SSSR count). The summed E-state index contributed by atoms with van der Waals surface area (Å²) in [6.45, 7) is 2.35. The molecule has 0 unspecified atom stereocenters. The maximum Gasteiger partial charge on any atom is 0.309 e. The smallest absolute Gasteiger partial charge is 0.309 e. The topological polar surface area (TPSA) is 84.5 Å². The van der Waals surface area contributed by atoms with E-state index in [-0.39, 0.29) is 35.7 Å². The Morgan fingerprint density at radius 2 is 1.96 bits per heavy atom. The SMILES string of the molecule is COC(=O)[C@@H]1C[C@H]1C(=O)N[C@H](C)c1ccc(CNC(=O)/C=C/SC)cc1. The molecule has 0 aromatic heterocycles. The Morgan fingerprint density at radius 3 is 2.58 bits per heavy atom. The highest BCUT2D eigenvalue weighted by atomic mass is 32.2. The molecular weight excluding hydrogens is 352 g/mol. The van der Waals surface area contributed by atoms with Crippen LogP contribution in [0.3, 0.4) is 0 Å². The van der Waals surface area contributed by atoms with Crippen LogP contribution < -0.4 is 10.6 Å². The number of ether oxygens (including phenoxy) is 1. The van der Waals surface area contributed by atoms with Crippen LogP contribution in [0.25, 0.3) is 0 Å². The normalized spacial score (nSPS) is 19.7. The van der Waals surface area contributed by atoms with Crippen LogP contribution in [0, 0.1) is 11.8 Å². The largest absolute Gasteiger partial charge is 0.469 e. The van der Waals surface area contributed by atoms with Gasteiger partial charge in [-0.2, -0.15) is 0 Å². The molecule has 2 N–H and O–H groups in total. The number of carbonyl (C=O) groups is 3. The molecule has 0 aliphatic heterocycles. The van der Waals surface area contributed by atoms with Gasteiger partial charge in [-0.1, -0.05) is 24.3 Å². The first-order chi connectivity index (χ1) is 12.5. The summed E-state index contributed by atoms with van der Waals surface area (Å²) in [5.74, 6) is -1.16. The van der Waals surface area contributed by atoms with Crippen molar-refractivity contribution in [2.24, 2.45) is 11.8 Å². The average molecular weight is 376 g/mol. The third-order valence-electron chi connectivity index (χ3n) is 4.29. The zero-order valence-electron chi connectivity index (χ0n) is 15.2. The second-order valence-corrected chi connectivity index (χ2v) is 6.94. The van der Waals surface area contributed by atoms with Crippen molar-refractivity contribution in [3.63, 3.8) is 0 Å². The van der Waals surface area contributed by atoms with Crippen molar-refractivity contribution < 1.29 is 19.1 Å². The number of thioether (sulfide) groups is 1. The van der Waals surface area contributed by atoms with Crippen molar-refractivity contribution in [1.29, 1.82) is 0 Å². The molecule has 1 aromatic carbocycles. The lowest BCUT2D eigenvalue weighted by Gasteiger charge is -2.15. The number of amides is 2. The van der Waals surface area contributed by atoms with Crippen LogP contribution in [-0.4, -0.2) is 31.1 Å². The molecule has 0 spiro atoms. The van der Waals surface area contributed by atoms with Gasteiger partial charge >= 0.3 is 5.97 Å². The standard InChI is InChI=1S/C19H24N2O4S/c1-12(21-18(23)15-10-16(15)19(24)25-2)14-6-4-13(5-7-14)11-20-17(22)8-9-26-3/h4-9,12,15-16H,10-11H2,1-3H3,(H,20,22)(H,21,23)/b9-8+/t12-,15-,16-/m1/s1. The summed E-state index contributed by atoms with van der Waals surface area (Å²) in [7, 11) is 1.33. The van der Waals surface area contributed by atoms with Crippen molar-refractivity contribution in [1.82, 2.24) is 10.6 Å². The lowest BCUT2D eigenvalue weighted by Crippen LogP contribution is -2.29. The first kappa shape index (κ1) is 20.0. The predicted molar refractivity (Wildman–Crippen MR) is 101 cm³/mol. The fourth-order valence-electron chi connectivity index (χ4n) is 2.60. The van der Waals surface area contributed by atoms with Crippen LogP contribution >= 0.6 is 11.8 Å². The Morgan fingerprint density at radius 1 is 1.27 bits per heavy atom. The lowest BCUT2D eigenvalue weighted by molar-refractivity contribution is -0.143. The first-order valence-electron chi connectivity index (χ1n) is 8.40. The van der Waals surface area contributed by atoms with Crippen molar-refractivity contribution >= 4 is 29.5 Å². The van der Waals surface area contributed by atoms with Gasteiger partial charge in [-0.3, -0.25) is 14.4 Å². The third-order valence-corrected chi connectivity index (χ3v) is 4.70. The van der Waals surface area contributed by atoms with Crippen LogP contribution in [-0.2, 0) is 25.7 Å². The molecule has 0 saturated heterocycles. The van der Waals surface area contributed by atoms with E-state index < -0.39 is 0 Å². The number of nitrogens with one attached hydrogen (secondary N) is 2. The number of hydrogen-bond donors (Lipinski definition) is 2. The summed E-state index contributed by atoms with van der Waals surface area (Å²) < 4.78 is 4.66. The monoisotopic (exact) mass is 376 g/mol. The molecule has 26 heavy (non-hydrogen) atoms. The fraction of sp³-hybridized carbons (Fsp3) is 0.421. The molecule has 6 nitrogen and oxygen atoms in total. The van der Waals surface area contributed by atoms with E-state index in [1.807, 2.05) is 37.4 Å². The molecule has 1 fully saturated rings. The van der Waals surface area contributed by atoms with Gasteiger partial charge in [0.05, 0.1) is 25.0 Å². The van der Waals surface area contributed by atoms with Gasteiger partial charge < -0.3 is 15.4 Å². The van der Waals surface area contributed by atoms with E-state index in [4.69, 9.17) is 0 Å². The molecule has 0 radical (unpaired) electrons. The van der Waals surface area contributed by atoms with Crippen molar-refractivity contribution in [3.05, 3.63) is 46.9 Å². The van der Waals surface area contributed by atoms with Crippen LogP contribution in [0.2, 0.25) is 0 Å². The predicted octanol–water partition coefficient (Wildman–Crippen LogP) is 2.17. The molecule has 1 aliphatic carbocycles. The molecule has 7 heteroatoms. The molecule has 1 aliphatic rings. The van der Waals surface area contributed by atoms with E-state index in [9.17, 15) is 14.4 Å². The number of hydrogen-bond acceptors (Lipinski definition) is 5. The van der Waals surface area contributed by atoms with Crippen LogP contribution in [0.4, 0.5) is 0 Å². The van der Waals surface area contributed by atoms with Crippen LogP contribution in [0.5, 0.6) is 0 Å². The highest BCUT2D eigenvalue weighted by Crippen LogP contribution is 2.39. The second-order valence-electron chi connectivity index (χ2n) is 6.20. The molecule has 0 bridgehead atoms. The molecule has 3 atom stereocenters. The Hall–Kier alpha value is -2.28. The molecular formula is C19H24N2O4S. The van der Waals surface area contributed by atoms with E-state index in [2.05, 4.69) is 15.4 Å². The molecule has 1 saturated carbocycles. The van der Waals surface area contributed by atoms with Gasteiger partial charge in [-0.05, 0) is 36.1 Å². The highest BCUT2D eigenvalue weighted by Gasteiger charge is 2.49. The highest BCUT2D eigenvalue weighted by molar-refractivity contribution is 8.01. The molecule has 0 heterocycles. The number of carbonyl (C=O) groups excluding carboxylic acids is 3. The van der Waals surface area contributed by atoms with Gasteiger partial charge in [0, 0.05) is 12.6 Å². The van der Waals surface area contributed by atoms with Crippen molar-refractivity contribution in [2.75, 3.05) is 13.4 Å². The van der Waals surface area contributed by atoms with Crippen LogP contribution in [0.1, 0.15) is 30.5 Å². The Labute approximate surface area is 157 Å². The summed E-state index contributed by atoms with van der Waals surface area (Å²) >= 11 is 1.47. The summed E-state index contributed by atoms with van der Waals surface area (Å²) in [6.07, 6.45) is 3.94. The summed E-state index contributed by atoms with van der Waals surface area (Å²) in [5, 5.41) is 7.47. The quantitative estimate of drug-likeness (QED) is 0.537. The first-order valence-corrected chi connectivity index (χ1v) is 9.69. The average Bonchev–Trinajstić information content (AvgIpc) is 3.45. The minimum Gasteiger partial charge on any atom is -0.469 e. The maximum atomic E-state index is 12.2. The minimum atomic E-state index is -0.323. The van der Waals surface area contributed by atoms with E-state index in [0.29, 0.717) is 13.0 Å². The zero-order chi connectivity index (χ0) is 19.1. The summed E-state index contributed by atoms with van der Waals surface area (Å²) in [5.41, 5.74) is 1.94. The van der Waals surface area contributed by atoms with Crippen molar-refractivity contribution in [3.8, 4) is 0 Å². The van der Waals surface area contributed by atoms with Gasteiger partial charge in [0.2, 0.25) is 11.8 Å². The van der Waals surface area contributed by atoms with E-state index in [1.165, 1.54) is 24.9 Å². The molecule has 140 valence electrons. The van der Waals surface area contributed by atoms with E-state index in [0.717, 1.165) is 11.1 Å². The maximum absolute atomic E-state index is 12.2. The number of esters is 1. The Bertz CT molecular complexity index is 687. The number of rotatable bonds is 8. The van der Waals surface area contributed by atoms with Gasteiger partial charge in [-0.25, -0.2) is 0 Å². The Balaban J connectivity index is 1.82.